The molecule has 0 aromatic carbocycles. The van der Waals surface area contributed by atoms with E-state index in [0.717, 1.165) is 22.1 Å². The van der Waals surface area contributed by atoms with E-state index in [1.807, 2.05) is 6.07 Å². The summed E-state index contributed by atoms with van der Waals surface area (Å²) in [6.45, 7) is 2.17. The van der Waals surface area contributed by atoms with Crippen molar-refractivity contribution in [3.8, 4) is 16.3 Å². The molecular formula is C12H16N4O2S. The molecule has 7 heteroatoms. The van der Waals surface area contributed by atoms with Crippen LogP contribution in [0.25, 0.3) is 10.6 Å². The first-order valence-electron chi connectivity index (χ1n) is 5.85. The topological polar surface area (TPSA) is 69.2 Å². The minimum Gasteiger partial charge on any atom is -0.494 e. The molecule has 0 amide bonds. The molecule has 2 aromatic heterocycles. The lowest BCUT2D eigenvalue weighted by atomic mass is 10.2. The molecule has 0 fully saturated rings. The third kappa shape index (κ3) is 3.69. The molecule has 0 saturated carbocycles. The molecule has 0 aliphatic carbocycles. The summed E-state index contributed by atoms with van der Waals surface area (Å²) < 4.78 is 10.2. The minimum absolute atomic E-state index is 0.684. The first-order valence-corrected chi connectivity index (χ1v) is 6.67. The highest BCUT2D eigenvalue weighted by atomic mass is 32.1. The number of pyridine rings is 1. The van der Waals surface area contributed by atoms with Gasteiger partial charge in [0.1, 0.15) is 10.8 Å². The van der Waals surface area contributed by atoms with Crippen LogP contribution < -0.4 is 10.1 Å². The second-order valence-corrected chi connectivity index (χ2v) is 4.81. The maximum Gasteiger partial charge on any atom is 0.151 e. The van der Waals surface area contributed by atoms with Crippen molar-refractivity contribution in [3.05, 3.63) is 23.5 Å². The molecule has 2 heterocycles. The highest BCUT2D eigenvalue weighted by Gasteiger charge is 2.11. The van der Waals surface area contributed by atoms with Crippen molar-refractivity contribution in [2.24, 2.45) is 0 Å². The van der Waals surface area contributed by atoms with Crippen molar-refractivity contribution in [2.45, 2.75) is 6.54 Å². The van der Waals surface area contributed by atoms with Gasteiger partial charge in [-0.25, -0.2) is 0 Å². The predicted octanol–water partition coefficient (Wildman–Crippen LogP) is 1.34. The van der Waals surface area contributed by atoms with Crippen molar-refractivity contribution in [1.82, 2.24) is 20.5 Å². The van der Waals surface area contributed by atoms with Crippen molar-refractivity contribution in [3.63, 3.8) is 0 Å². The average molecular weight is 280 g/mol. The van der Waals surface area contributed by atoms with Crippen LogP contribution in [0.4, 0.5) is 0 Å². The summed E-state index contributed by atoms with van der Waals surface area (Å²) in [5, 5.41) is 13.3. The zero-order valence-electron chi connectivity index (χ0n) is 10.9. The average Bonchev–Trinajstić information content (AvgIpc) is 2.92. The van der Waals surface area contributed by atoms with E-state index in [1.54, 1.807) is 38.0 Å². The Morgan fingerprint density at radius 2 is 2.21 bits per heavy atom. The van der Waals surface area contributed by atoms with Crippen LogP contribution in [0.1, 0.15) is 5.01 Å². The van der Waals surface area contributed by atoms with Crippen LogP contribution in [0.5, 0.6) is 5.75 Å². The normalized spacial score (nSPS) is 10.6. The first-order chi connectivity index (χ1) is 9.35. The number of nitrogens with one attached hydrogen (secondary N) is 1. The Balaban J connectivity index is 2.04. The number of methoxy groups -OCH3 is 2. The highest BCUT2D eigenvalue weighted by Crippen LogP contribution is 2.30. The maximum absolute atomic E-state index is 5.27. The lowest BCUT2D eigenvalue weighted by molar-refractivity contribution is 0.199. The quantitative estimate of drug-likeness (QED) is 0.772. The van der Waals surface area contributed by atoms with Crippen LogP contribution in [0.3, 0.4) is 0 Å². The van der Waals surface area contributed by atoms with Gasteiger partial charge >= 0.3 is 0 Å². The van der Waals surface area contributed by atoms with Gasteiger partial charge in [0.15, 0.2) is 5.01 Å². The van der Waals surface area contributed by atoms with E-state index in [2.05, 4.69) is 20.5 Å². The van der Waals surface area contributed by atoms with E-state index in [4.69, 9.17) is 9.47 Å². The second-order valence-electron chi connectivity index (χ2n) is 3.75. The number of rotatable bonds is 7. The molecule has 0 bridgehead atoms. The van der Waals surface area contributed by atoms with Crippen molar-refractivity contribution in [1.29, 1.82) is 0 Å². The Labute approximate surface area is 115 Å². The minimum atomic E-state index is 0.684. The third-order valence-corrected chi connectivity index (χ3v) is 3.42. The van der Waals surface area contributed by atoms with Gasteiger partial charge in [-0.15, -0.1) is 10.2 Å². The Kier molecular flexibility index (Phi) is 5.20. The molecule has 0 aliphatic heterocycles. The van der Waals surface area contributed by atoms with Crippen LogP contribution in [-0.2, 0) is 11.3 Å². The van der Waals surface area contributed by atoms with Gasteiger partial charge in [0.05, 0.1) is 25.5 Å². The fourth-order valence-electron chi connectivity index (χ4n) is 1.52. The standard InChI is InChI=1S/C12H16N4O2S/c1-17-6-5-14-8-11-15-16-12(19-11)9-3-4-13-7-10(9)18-2/h3-4,7,14H,5-6,8H2,1-2H3. The zero-order chi connectivity index (χ0) is 13.5. The molecule has 0 atom stereocenters. The van der Waals surface area contributed by atoms with Crippen LogP contribution >= 0.6 is 11.3 Å². The molecule has 0 saturated heterocycles. The fraction of sp³-hybridized carbons (Fsp3) is 0.417. The first kappa shape index (κ1) is 13.9. The molecule has 1 N–H and O–H groups in total. The predicted molar refractivity (Wildman–Crippen MR) is 73.3 cm³/mol. The van der Waals surface area contributed by atoms with Crippen LogP contribution in [0.2, 0.25) is 0 Å². The Bertz CT molecular complexity index is 518. The number of hydrogen-bond acceptors (Lipinski definition) is 7. The summed E-state index contributed by atoms with van der Waals surface area (Å²) >= 11 is 1.54. The molecule has 0 aliphatic rings. The van der Waals surface area contributed by atoms with Gasteiger partial charge in [-0.3, -0.25) is 4.98 Å². The molecule has 2 aromatic rings. The Morgan fingerprint density at radius 3 is 3.00 bits per heavy atom. The molecule has 19 heavy (non-hydrogen) atoms. The second kappa shape index (κ2) is 7.13. The monoisotopic (exact) mass is 280 g/mol. The van der Waals surface area contributed by atoms with Crippen LogP contribution in [-0.4, -0.2) is 42.6 Å². The third-order valence-electron chi connectivity index (χ3n) is 2.46. The molecule has 102 valence electrons. The number of aromatic nitrogens is 3. The van der Waals surface area contributed by atoms with E-state index in [9.17, 15) is 0 Å². The van der Waals surface area contributed by atoms with Crippen LogP contribution in [0, 0.1) is 0 Å². The van der Waals surface area contributed by atoms with E-state index >= 15 is 0 Å². The largest absolute Gasteiger partial charge is 0.494 e. The zero-order valence-corrected chi connectivity index (χ0v) is 11.7. The van der Waals surface area contributed by atoms with Gasteiger partial charge in [0, 0.05) is 26.4 Å². The fourth-order valence-corrected chi connectivity index (χ4v) is 2.36. The molecule has 6 nitrogen and oxygen atoms in total. The van der Waals surface area contributed by atoms with Gasteiger partial charge in [-0.2, -0.15) is 0 Å². The summed E-state index contributed by atoms with van der Waals surface area (Å²) in [4.78, 5) is 4.02. The van der Waals surface area contributed by atoms with Gasteiger partial charge in [-0.05, 0) is 6.07 Å². The van der Waals surface area contributed by atoms with Crippen LogP contribution in [0.15, 0.2) is 18.5 Å². The molecule has 0 unspecified atom stereocenters. The van der Waals surface area contributed by atoms with Gasteiger partial charge in [0.25, 0.3) is 0 Å². The smallest absolute Gasteiger partial charge is 0.151 e. The molecule has 0 spiro atoms. The highest BCUT2D eigenvalue weighted by molar-refractivity contribution is 7.14. The van der Waals surface area contributed by atoms with E-state index in [1.165, 1.54) is 0 Å². The molecule has 2 rings (SSSR count). The van der Waals surface area contributed by atoms with Crippen molar-refractivity contribution >= 4 is 11.3 Å². The summed E-state index contributed by atoms with van der Waals surface area (Å²) in [5.41, 5.74) is 0.915. The van der Waals surface area contributed by atoms with E-state index in [0.29, 0.717) is 18.9 Å². The number of nitrogens with zero attached hydrogens (tertiary/aromatic N) is 3. The maximum atomic E-state index is 5.27. The SMILES string of the molecule is COCCNCc1nnc(-c2ccncc2OC)s1. The lowest BCUT2D eigenvalue weighted by Crippen LogP contribution is -2.18. The lowest BCUT2D eigenvalue weighted by Gasteiger charge is -2.03. The number of ether oxygens (including phenoxy) is 2. The summed E-state index contributed by atoms with van der Waals surface area (Å²) in [5.74, 6) is 0.706. The summed E-state index contributed by atoms with van der Waals surface area (Å²) in [7, 11) is 3.30. The van der Waals surface area contributed by atoms with Gasteiger partial charge in [0.2, 0.25) is 0 Å². The number of hydrogen-bond donors (Lipinski definition) is 1. The molecular weight excluding hydrogens is 264 g/mol. The Morgan fingerprint density at radius 1 is 1.32 bits per heavy atom. The van der Waals surface area contributed by atoms with Crippen molar-refractivity contribution < 1.29 is 9.47 Å². The van der Waals surface area contributed by atoms with Gasteiger partial charge in [-0.1, -0.05) is 11.3 Å². The van der Waals surface area contributed by atoms with Crippen molar-refractivity contribution in [2.75, 3.05) is 27.4 Å². The van der Waals surface area contributed by atoms with E-state index < -0.39 is 0 Å². The van der Waals surface area contributed by atoms with E-state index in [-0.39, 0.29) is 0 Å². The summed E-state index contributed by atoms with van der Waals surface area (Å²) in [6.07, 6.45) is 3.39. The summed E-state index contributed by atoms with van der Waals surface area (Å²) in [6, 6.07) is 1.88. The molecule has 0 radical (unpaired) electrons. The Hall–Kier alpha value is -1.57. The van der Waals surface area contributed by atoms with Gasteiger partial charge < -0.3 is 14.8 Å².